The molecule has 0 aromatic heterocycles. The molecule has 6 heteroatoms. The van der Waals surface area contributed by atoms with Gasteiger partial charge in [0, 0.05) is 17.7 Å². The Hall–Kier alpha value is -2.44. The zero-order valence-electron chi connectivity index (χ0n) is 12.1. The average molecular weight is 301 g/mol. The van der Waals surface area contributed by atoms with Gasteiger partial charge < -0.3 is 14.8 Å². The Kier molecular flexibility index (Phi) is 4.04. The van der Waals surface area contributed by atoms with Crippen molar-refractivity contribution in [3.8, 4) is 5.75 Å². The third-order valence-electron chi connectivity index (χ3n) is 3.80. The minimum Gasteiger partial charge on any atom is -0.497 e. The molecule has 0 aliphatic carbocycles. The Balaban J connectivity index is 1.69. The first-order valence-electron chi connectivity index (χ1n) is 7.04. The largest absolute Gasteiger partial charge is 0.497 e. The first-order valence-corrected chi connectivity index (χ1v) is 7.04. The maximum absolute atomic E-state index is 10.7. The molecular formula is C16H17N2O4+. The molecule has 114 valence electrons. The standard InChI is InChI=1S/C16H16N2O4/c1-21-14-8-4-12(5-9-14)16-17-10-15(22-16)11-2-6-13(7-3-11)18(19)20/h2-9,15-17H,10H2,1H3/p+1/t15-,16-/m0/s1. The maximum Gasteiger partial charge on any atom is 0.269 e. The Morgan fingerprint density at radius 1 is 1.14 bits per heavy atom. The van der Waals surface area contributed by atoms with Crippen molar-refractivity contribution in [3.05, 3.63) is 69.8 Å². The molecule has 0 unspecified atom stereocenters. The van der Waals surface area contributed by atoms with E-state index in [0.717, 1.165) is 23.4 Å². The normalized spacial score (nSPS) is 20.8. The summed E-state index contributed by atoms with van der Waals surface area (Å²) in [7, 11) is 1.64. The van der Waals surface area contributed by atoms with Crippen LogP contribution in [0.15, 0.2) is 48.5 Å². The van der Waals surface area contributed by atoms with Crippen molar-refractivity contribution in [1.29, 1.82) is 0 Å². The smallest absolute Gasteiger partial charge is 0.269 e. The van der Waals surface area contributed by atoms with Crippen molar-refractivity contribution in [2.24, 2.45) is 0 Å². The second kappa shape index (κ2) is 6.13. The average Bonchev–Trinajstić information content (AvgIpc) is 3.05. The summed E-state index contributed by atoms with van der Waals surface area (Å²) in [5.41, 5.74) is 2.13. The van der Waals surface area contributed by atoms with Gasteiger partial charge in [0.1, 0.15) is 18.4 Å². The number of hydrogen-bond donors (Lipinski definition) is 1. The lowest BCUT2D eigenvalue weighted by Gasteiger charge is -2.10. The lowest BCUT2D eigenvalue weighted by atomic mass is 10.1. The molecule has 2 aromatic rings. The van der Waals surface area contributed by atoms with Crippen molar-refractivity contribution < 1.29 is 19.7 Å². The molecule has 0 radical (unpaired) electrons. The van der Waals surface area contributed by atoms with Crippen LogP contribution in [0.25, 0.3) is 0 Å². The second-order valence-corrected chi connectivity index (χ2v) is 5.14. The van der Waals surface area contributed by atoms with E-state index in [9.17, 15) is 10.1 Å². The van der Waals surface area contributed by atoms with Gasteiger partial charge in [-0.1, -0.05) is 0 Å². The Bertz CT molecular complexity index is 655. The number of quaternary nitrogens is 1. The van der Waals surface area contributed by atoms with Gasteiger partial charge >= 0.3 is 0 Å². The number of methoxy groups -OCH3 is 1. The molecule has 0 saturated carbocycles. The quantitative estimate of drug-likeness (QED) is 0.691. The number of benzene rings is 2. The molecule has 0 amide bonds. The molecular weight excluding hydrogens is 284 g/mol. The summed E-state index contributed by atoms with van der Waals surface area (Å²) >= 11 is 0. The predicted octanol–water partition coefficient (Wildman–Crippen LogP) is 1.94. The fourth-order valence-corrected chi connectivity index (χ4v) is 2.57. The van der Waals surface area contributed by atoms with Gasteiger partial charge in [-0.2, -0.15) is 0 Å². The van der Waals surface area contributed by atoms with Gasteiger partial charge in [-0.3, -0.25) is 10.1 Å². The summed E-state index contributed by atoms with van der Waals surface area (Å²) in [6, 6.07) is 14.3. The van der Waals surface area contributed by atoms with Crippen molar-refractivity contribution in [3.63, 3.8) is 0 Å². The van der Waals surface area contributed by atoms with E-state index in [-0.39, 0.29) is 18.0 Å². The lowest BCUT2D eigenvalue weighted by molar-refractivity contribution is -0.698. The maximum atomic E-state index is 10.7. The van der Waals surface area contributed by atoms with E-state index in [2.05, 4.69) is 5.32 Å². The first-order chi connectivity index (χ1) is 10.7. The number of hydrogen-bond acceptors (Lipinski definition) is 4. The summed E-state index contributed by atoms with van der Waals surface area (Å²) in [4.78, 5) is 10.3. The van der Waals surface area contributed by atoms with E-state index in [1.165, 1.54) is 12.1 Å². The number of nitrogens with zero attached hydrogens (tertiary/aromatic N) is 1. The number of nitro benzene ring substituents is 1. The van der Waals surface area contributed by atoms with Gasteiger partial charge in [0.25, 0.3) is 5.69 Å². The van der Waals surface area contributed by atoms with E-state index in [4.69, 9.17) is 9.47 Å². The fraction of sp³-hybridized carbons (Fsp3) is 0.250. The number of nitro groups is 1. The van der Waals surface area contributed by atoms with Gasteiger partial charge in [0.15, 0.2) is 0 Å². The van der Waals surface area contributed by atoms with Crippen LogP contribution in [-0.2, 0) is 4.74 Å². The highest BCUT2D eigenvalue weighted by Gasteiger charge is 2.31. The molecule has 2 atom stereocenters. The van der Waals surface area contributed by atoms with Gasteiger partial charge in [-0.25, -0.2) is 0 Å². The van der Waals surface area contributed by atoms with Crippen molar-refractivity contribution in [1.82, 2.24) is 0 Å². The van der Waals surface area contributed by atoms with Crippen LogP contribution in [0.1, 0.15) is 23.5 Å². The molecule has 1 heterocycles. The molecule has 6 nitrogen and oxygen atoms in total. The summed E-state index contributed by atoms with van der Waals surface area (Å²) < 4.78 is 11.2. The molecule has 0 bridgehead atoms. The molecule has 1 saturated heterocycles. The van der Waals surface area contributed by atoms with Gasteiger partial charge in [-0.05, 0) is 42.0 Å². The zero-order valence-corrected chi connectivity index (χ0v) is 12.1. The highest BCUT2D eigenvalue weighted by Crippen LogP contribution is 2.28. The van der Waals surface area contributed by atoms with Crippen LogP contribution in [0, 0.1) is 10.1 Å². The summed E-state index contributed by atoms with van der Waals surface area (Å²) in [6.45, 7) is 0.786. The van der Waals surface area contributed by atoms with Gasteiger partial charge in [0.05, 0.1) is 12.0 Å². The Morgan fingerprint density at radius 3 is 2.36 bits per heavy atom. The third-order valence-corrected chi connectivity index (χ3v) is 3.80. The first kappa shape index (κ1) is 14.5. The van der Waals surface area contributed by atoms with Crippen LogP contribution >= 0.6 is 0 Å². The minimum atomic E-state index is -0.397. The summed E-state index contributed by atoms with van der Waals surface area (Å²) in [5, 5.41) is 12.8. The lowest BCUT2D eigenvalue weighted by Crippen LogP contribution is -2.82. The number of ether oxygens (including phenoxy) is 2. The molecule has 0 spiro atoms. The second-order valence-electron chi connectivity index (χ2n) is 5.14. The summed E-state index contributed by atoms with van der Waals surface area (Å²) in [5.74, 6) is 0.814. The van der Waals surface area contributed by atoms with E-state index in [1.54, 1.807) is 19.2 Å². The zero-order chi connectivity index (χ0) is 15.5. The van der Waals surface area contributed by atoms with E-state index < -0.39 is 4.92 Å². The molecule has 1 aliphatic rings. The third kappa shape index (κ3) is 2.93. The van der Waals surface area contributed by atoms with Crippen molar-refractivity contribution in [2.75, 3.05) is 13.7 Å². The fourth-order valence-electron chi connectivity index (χ4n) is 2.57. The molecule has 2 N–H and O–H groups in total. The molecule has 1 aliphatic heterocycles. The van der Waals surface area contributed by atoms with Crippen LogP contribution in [0.5, 0.6) is 5.75 Å². The molecule has 22 heavy (non-hydrogen) atoms. The van der Waals surface area contributed by atoms with Crippen LogP contribution in [0.2, 0.25) is 0 Å². The Labute approximate surface area is 127 Å². The number of non-ortho nitro benzene ring substituents is 1. The van der Waals surface area contributed by atoms with Crippen LogP contribution < -0.4 is 10.1 Å². The van der Waals surface area contributed by atoms with E-state index in [1.807, 2.05) is 24.3 Å². The molecule has 3 rings (SSSR count). The monoisotopic (exact) mass is 301 g/mol. The number of nitrogens with two attached hydrogens (primary N) is 1. The van der Waals surface area contributed by atoms with Gasteiger partial charge in [-0.15, -0.1) is 0 Å². The van der Waals surface area contributed by atoms with Crippen molar-refractivity contribution >= 4 is 5.69 Å². The minimum absolute atomic E-state index is 0.0621. The molecule has 1 fully saturated rings. The highest BCUT2D eigenvalue weighted by molar-refractivity contribution is 5.34. The van der Waals surface area contributed by atoms with Crippen LogP contribution in [0.3, 0.4) is 0 Å². The summed E-state index contributed by atoms with van der Waals surface area (Å²) in [6.07, 6.45) is -0.126. The SMILES string of the molecule is COc1ccc([C@H]2[NH2+]C[C@@H](c3ccc([N+](=O)[O-])cc3)O2)cc1. The van der Waals surface area contributed by atoms with Crippen molar-refractivity contribution in [2.45, 2.75) is 12.3 Å². The number of rotatable bonds is 4. The van der Waals surface area contributed by atoms with E-state index in [0.29, 0.717) is 0 Å². The predicted molar refractivity (Wildman–Crippen MR) is 79.4 cm³/mol. The Morgan fingerprint density at radius 2 is 1.77 bits per heavy atom. The van der Waals surface area contributed by atoms with Gasteiger partial charge in [0.2, 0.25) is 6.23 Å². The van der Waals surface area contributed by atoms with Crippen LogP contribution in [-0.4, -0.2) is 18.6 Å². The van der Waals surface area contributed by atoms with E-state index >= 15 is 0 Å². The van der Waals surface area contributed by atoms with Crippen LogP contribution in [0.4, 0.5) is 5.69 Å². The molecule has 2 aromatic carbocycles. The highest BCUT2D eigenvalue weighted by atomic mass is 16.6. The topological polar surface area (TPSA) is 78.2 Å².